The molecule has 4 rings (SSSR count). The van der Waals surface area contributed by atoms with E-state index >= 15 is 0 Å². The molecule has 1 aliphatic rings. The fourth-order valence-electron chi connectivity index (χ4n) is 3.26. The Hall–Kier alpha value is -2.97. The summed E-state index contributed by atoms with van der Waals surface area (Å²) in [6.45, 7) is 4.11. The van der Waals surface area contributed by atoms with Crippen molar-refractivity contribution in [1.29, 1.82) is 0 Å². The molecule has 7 nitrogen and oxygen atoms in total. The molecule has 0 unspecified atom stereocenters. The van der Waals surface area contributed by atoms with Crippen molar-refractivity contribution in [2.24, 2.45) is 0 Å². The van der Waals surface area contributed by atoms with E-state index in [4.69, 9.17) is 17.3 Å². The summed E-state index contributed by atoms with van der Waals surface area (Å²) in [4.78, 5) is 17.4. The smallest absolute Gasteiger partial charge is 0.232 e. The Morgan fingerprint density at radius 2 is 1.76 bits per heavy atom. The highest BCUT2D eigenvalue weighted by Gasteiger charge is 2.19. The number of rotatable bonds is 5. The molecular formula is C20H21ClFN7. The van der Waals surface area contributed by atoms with Gasteiger partial charge in [0.1, 0.15) is 11.6 Å². The number of aromatic nitrogens is 3. The molecule has 0 spiro atoms. The maximum absolute atomic E-state index is 13.1. The third-order valence-electron chi connectivity index (χ3n) is 4.71. The van der Waals surface area contributed by atoms with E-state index in [-0.39, 0.29) is 11.8 Å². The molecule has 0 atom stereocenters. The molecule has 2 aromatic carbocycles. The lowest BCUT2D eigenvalue weighted by Gasteiger charge is -2.35. The number of benzene rings is 2. The minimum absolute atomic E-state index is 0.150. The summed E-state index contributed by atoms with van der Waals surface area (Å²) >= 11 is 6.10. The van der Waals surface area contributed by atoms with Crippen LogP contribution in [0.1, 0.15) is 5.82 Å². The van der Waals surface area contributed by atoms with Crippen LogP contribution in [0.3, 0.4) is 0 Å². The number of hydrogen-bond acceptors (Lipinski definition) is 7. The lowest BCUT2D eigenvalue weighted by Crippen LogP contribution is -2.46. The van der Waals surface area contributed by atoms with Crippen molar-refractivity contribution in [3.63, 3.8) is 0 Å². The van der Waals surface area contributed by atoms with Crippen LogP contribution in [0, 0.1) is 5.82 Å². The van der Waals surface area contributed by atoms with Crippen molar-refractivity contribution in [2.75, 3.05) is 42.1 Å². The van der Waals surface area contributed by atoms with Gasteiger partial charge >= 0.3 is 0 Å². The Kier molecular flexibility index (Phi) is 5.73. The first-order valence-corrected chi connectivity index (χ1v) is 9.69. The second kappa shape index (κ2) is 8.59. The van der Waals surface area contributed by atoms with Gasteiger partial charge in [-0.05, 0) is 42.5 Å². The highest BCUT2D eigenvalue weighted by Crippen LogP contribution is 2.21. The second-order valence-corrected chi connectivity index (χ2v) is 7.24. The molecule has 3 N–H and O–H groups in total. The van der Waals surface area contributed by atoms with Gasteiger partial charge in [-0.3, -0.25) is 4.90 Å². The molecule has 0 radical (unpaired) electrons. The Balaban J connectivity index is 1.38. The summed E-state index contributed by atoms with van der Waals surface area (Å²) in [5, 5.41) is 3.78. The van der Waals surface area contributed by atoms with Crippen LogP contribution in [-0.4, -0.2) is 46.0 Å². The summed E-state index contributed by atoms with van der Waals surface area (Å²) in [5.41, 5.74) is 7.66. The molecule has 0 saturated carbocycles. The van der Waals surface area contributed by atoms with Crippen LogP contribution in [0.25, 0.3) is 0 Å². The van der Waals surface area contributed by atoms with E-state index in [1.807, 2.05) is 18.2 Å². The van der Waals surface area contributed by atoms with Crippen molar-refractivity contribution in [2.45, 2.75) is 6.54 Å². The third kappa shape index (κ3) is 5.10. The minimum atomic E-state index is -0.302. The average molecular weight is 414 g/mol. The third-order valence-corrected chi connectivity index (χ3v) is 4.95. The number of nitrogens with one attached hydrogen (secondary N) is 1. The van der Waals surface area contributed by atoms with E-state index in [2.05, 4.69) is 36.1 Å². The van der Waals surface area contributed by atoms with Crippen molar-refractivity contribution >= 4 is 34.9 Å². The normalized spacial score (nSPS) is 14.8. The molecule has 0 aliphatic carbocycles. The average Bonchev–Trinajstić information content (AvgIpc) is 2.70. The van der Waals surface area contributed by atoms with Crippen LogP contribution in [0.4, 0.5) is 27.7 Å². The number of nitrogens with two attached hydrogens (primary N) is 1. The molecule has 150 valence electrons. The van der Waals surface area contributed by atoms with E-state index in [1.165, 1.54) is 12.1 Å². The van der Waals surface area contributed by atoms with E-state index in [0.29, 0.717) is 24.0 Å². The maximum atomic E-state index is 13.1. The number of nitrogen functional groups attached to an aromatic ring is 1. The van der Waals surface area contributed by atoms with E-state index in [0.717, 1.165) is 36.9 Å². The van der Waals surface area contributed by atoms with Gasteiger partial charge < -0.3 is 16.0 Å². The first-order chi connectivity index (χ1) is 14.0. The minimum Gasteiger partial charge on any atom is -0.369 e. The molecule has 1 fully saturated rings. The lowest BCUT2D eigenvalue weighted by atomic mass is 10.2. The van der Waals surface area contributed by atoms with Gasteiger partial charge in [0.25, 0.3) is 0 Å². The van der Waals surface area contributed by atoms with Gasteiger partial charge in [0, 0.05) is 42.6 Å². The standard InChI is InChI=1S/C20H21ClFN7/c21-14-2-1-3-17(12-14)29-10-8-28(9-11-29)13-18-25-19(23)27-20(26-18)24-16-6-4-15(22)5-7-16/h1-7,12H,8-11,13H2,(H3,23,24,25,26,27). The number of hydrogen-bond donors (Lipinski definition) is 2. The fraction of sp³-hybridized carbons (Fsp3) is 0.250. The zero-order valence-electron chi connectivity index (χ0n) is 15.7. The van der Waals surface area contributed by atoms with Gasteiger partial charge in [-0.15, -0.1) is 0 Å². The predicted octanol–water partition coefficient (Wildman–Crippen LogP) is 3.31. The molecule has 0 bridgehead atoms. The van der Waals surface area contributed by atoms with Gasteiger partial charge in [-0.1, -0.05) is 17.7 Å². The van der Waals surface area contributed by atoms with E-state index in [9.17, 15) is 4.39 Å². The van der Waals surface area contributed by atoms with Gasteiger partial charge in [0.05, 0.1) is 6.54 Å². The SMILES string of the molecule is Nc1nc(CN2CCN(c3cccc(Cl)c3)CC2)nc(Nc2ccc(F)cc2)n1. The zero-order valence-corrected chi connectivity index (χ0v) is 16.5. The zero-order chi connectivity index (χ0) is 20.2. The number of piperazine rings is 1. The molecule has 3 aromatic rings. The molecule has 0 amide bonds. The number of halogens is 2. The quantitative estimate of drug-likeness (QED) is 0.663. The molecule has 29 heavy (non-hydrogen) atoms. The molecule has 2 heterocycles. The Morgan fingerprint density at radius 1 is 1.00 bits per heavy atom. The maximum Gasteiger partial charge on any atom is 0.232 e. The van der Waals surface area contributed by atoms with Crippen LogP contribution in [0.15, 0.2) is 48.5 Å². The molecule has 1 saturated heterocycles. The first kappa shape index (κ1) is 19.4. The lowest BCUT2D eigenvalue weighted by molar-refractivity contribution is 0.244. The Bertz CT molecular complexity index is 975. The van der Waals surface area contributed by atoms with Crippen molar-refractivity contribution in [3.05, 3.63) is 65.2 Å². The molecule has 1 aromatic heterocycles. The first-order valence-electron chi connectivity index (χ1n) is 9.31. The van der Waals surface area contributed by atoms with Crippen LogP contribution < -0.4 is 16.0 Å². The van der Waals surface area contributed by atoms with Crippen molar-refractivity contribution in [3.8, 4) is 0 Å². The number of anilines is 4. The van der Waals surface area contributed by atoms with E-state index in [1.54, 1.807) is 12.1 Å². The molecule has 9 heteroatoms. The van der Waals surface area contributed by atoms with Crippen molar-refractivity contribution in [1.82, 2.24) is 19.9 Å². The summed E-state index contributed by atoms with van der Waals surface area (Å²) in [7, 11) is 0. The summed E-state index contributed by atoms with van der Waals surface area (Å²) in [6.07, 6.45) is 0. The van der Waals surface area contributed by atoms with Crippen LogP contribution in [0.5, 0.6) is 0 Å². The van der Waals surface area contributed by atoms with Gasteiger partial charge in [0.15, 0.2) is 0 Å². The summed E-state index contributed by atoms with van der Waals surface area (Å²) in [5.74, 6) is 0.787. The summed E-state index contributed by atoms with van der Waals surface area (Å²) < 4.78 is 13.1. The Labute approximate surface area is 173 Å². The highest BCUT2D eigenvalue weighted by atomic mass is 35.5. The molecule has 1 aliphatic heterocycles. The van der Waals surface area contributed by atoms with Crippen LogP contribution in [-0.2, 0) is 6.54 Å². The molecular weight excluding hydrogens is 393 g/mol. The summed E-state index contributed by atoms with van der Waals surface area (Å²) in [6, 6.07) is 13.9. The second-order valence-electron chi connectivity index (χ2n) is 6.81. The van der Waals surface area contributed by atoms with Crippen LogP contribution >= 0.6 is 11.6 Å². The van der Waals surface area contributed by atoms with Gasteiger partial charge in [0.2, 0.25) is 11.9 Å². The number of nitrogens with zero attached hydrogens (tertiary/aromatic N) is 5. The van der Waals surface area contributed by atoms with Gasteiger partial charge in [-0.2, -0.15) is 15.0 Å². The van der Waals surface area contributed by atoms with E-state index < -0.39 is 0 Å². The van der Waals surface area contributed by atoms with Gasteiger partial charge in [-0.25, -0.2) is 4.39 Å². The van der Waals surface area contributed by atoms with Crippen LogP contribution in [0.2, 0.25) is 5.02 Å². The fourth-order valence-corrected chi connectivity index (χ4v) is 3.45. The highest BCUT2D eigenvalue weighted by molar-refractivity contribution is 6.30. The Morgan fingerprint density at radius 3 is 2.48 bits per heavy atom. The van der Waals surface area contributed by atoms with Crippen molar-refractivity contribution < 1.29 is 4.39 Å². The predicted molar refractivity (Wildman–Crippen MR) is 113 cm³/mol. The monoisotopic (exact) mass is 413 g/mol. The largest absolute Gasteiger partial charge is 0.369 e. The topological polar surface area (TPSA) is 83.2 Å².